The van der Waals surface area contributed by atoms with Crippen LogP contribution in [0.4, 0.5) is 0 Å². The first kappa shape index (κ1) is 19.5. The van der Waals surface area contributed by atoms with E-state index in [0.717, 1.165) is 10.5 Å². The Morgan fingerprint density at radius 2 is 1.33 bits per heavy atom. The van der Waals surface area contributed by atoms with Crippen LogP contribution >= 0.6 is 11.8 Å². The van der Waals surface area contributed by atoms with E-state index in [1.807, 2.05) is 66.7 Å². The minimum Gasteiger partial charge on any atom is -0.223 e. The lowest BCUT2D eigenvalue weighted by atomic mass is 10.0. The molecule has 3 rings (SSSR count). The van der Waals surface area contributed by atoms with E-state index < -0.39 is 14.6 Å². The highest BCUT2D eigenvalue weighted by molar-refractivity contribution is 8.04. The molecule has 0 heterocycles. The summed E-state index contributed by atoms with van der Waals surface area (Å²) in [6.45, 7) is 5.97. The molecule has 0 fully saturated rings. The molecule has 3 aromatic rings. The lowest BCUT2D eigenvalue weighted by Gasteiger charge is -2.31. The Morgan fingerprint density at radius 1 is 0.852 bits per heavy atom. The normalized spacial score (nSPS) is 13.7. The molecule has 0 bridgehead atoms. The van der Waals surface area contributed by atoms with Crippen molar-refractivity contribution in [2.45, 2.75) is 27.9 Å². The lowest BCUT2D eigenvalue weighted by Crippen LogP contribution is -2.38. The topological polar surface area (TPSA) is 34.1 Å². The van der Waals surface area contributed by atoms with E-state index in [0.29, 0.717) is 16.2 Å². The fourth-order valence-electron chi connectivity index (χ4n) is 2.93. The second-order valence-electron chi connectivity index (χ2n) is 6.55. The Kier molecular flexibility index (Phi) is 5.88. The first-order valence-electron chi connectivity index (χ1n) is 8.69. The zero-order valence-electron chi connectivity index (χ0n) is 15.2. The minimum absolute atomic E-state index is 0.318. The standard InChI is InChI=1S/C23H22O2S2/c1-19(26-21-14-8-4-9-15-21)23(2,18-20-12-6-3-7-13-20)27(24,25)22-16-10-5-11-17-22/h3-17H,1,18H2,2H3. The maximum Gasteiger partial charge on any atom is 0.188 e. The van der Waals surface area contributed by atoms with Crippen molar-refractivity contribution in [3.63, 3.8) is 0 Å². The van der Waals surface area contributed by atoms with Gasteiger partial charge in [0.15, 0.2) is 9.84 Å². The smallest absolute Gasteiger partial charge is 0.188 e. The average molecular weight is 395 g/mol. The Morgan fingerprint density at radius 3 is 1.89 bits per heavy atom. The molecular weight excluding hydrogens is 372 g/mol. The average Bonchev–Trinajstić information content (AvgIpc) is 2.70. The van der Waals surface area contributed by atoms with Crippen LogP contribution in [0.1, 0.15) is 12.5 Å². The van der Waals surface area contributed by atoms with Crippen LogP contribution in [0.25, 0.3) is 0 Å². The number of hydrogen-bond acceptors (Lipinski definition) is 3. The van der Waals surface area contributed by atoms with Gasteiger partial charge in [0, 0.05) is 9.80 Å². The summed E-state index contributed by atoms with van der Waals surface area (Å²) in [6, 6.07) is 28.1. The summed E-state index contributed by atoms with van der Waals surface area (Å²) in [5, 5.41) is 0. The van der Waals surface area contributed by atoms with E-state index >= 15 is 0 Å². The van der Waals surface area contributed by atoms with E-state index in [1.165, 1.54) is 11.8 Å². The van der Waals surface area contributed by atoms with Gasteiger partial charge in [0.25, 0.3) is 0 Å². The number of rotatable bonds is 7. The molecule has 0 N–H and O–H groups in total. The van der Waals surface area contributed by atoms with Crippen LogP contribution in [0, 0.1) is 0 Å². The fraction of sp³-hybridized carbons (Fsp3) is 0.130. The largest absolute Gasteiger partial charge is 0.223 e. The van der Waals surface area contributed by atoms with Crippen LogP contribution in [0.2, 0.25) is 0 Å². The maximum absolute atomic E-state index is 13.6. The van der Waals surface area contributed by atoms with E-state index in [9.17, 15) is 8.42 Å². The predicted molar refractivity (Wildman–Crippen MR) is 114 cm³/mol. The van der Waals surface area contributed by atoms with Gasteiger partial charge in [-0.1, -0.05) is 85.1 Å². The molecule has 2 nitrogen and oxygen atoms in total. The summed E-state index contributed by atoms with van der Waals surface area (Å²) >= 11 is 1.42. The molecule has 0 amide bonds. The SMILES string of the molecule is C=C(Sc1ccccc1)C(C)(Cc1ccccc1)S(=O)(=O)c1ccccc1. The van der Waals surface area contributed by atoms with Crippen LogP contribution in [-0.4, -0.2) is 13.2 Å². The monoisotopic (exact) mass is 394 g/mol. The lowest BCUT2D eigenvalue weighted by molar-refractivity contribution is 0.559. The van der Waals surface area contributed by atoms with E-state index in [4.69, 9.17) is 0 Å². The van der Waals surface area contributed by atoms with Crippen LogP contribution in [0.3, 0.4) is 0 Å². The first-order chi connectivity index (χ1) is 12.9. The van der Waals surface area contributed by atoms with Crippen molar-refractivity contribution in [3.8, 4) is 0 Å². The molecule has 27 heavy (non-hydrogen) atoms. The molecule has 0 saturated heterocycles. The Hall–Kier alpha value is -2.30. The Balaban J connectivity index is 2.04. The summed E-state index contributed by atoms with van der Waals surface area (Å²) in [5.74, 6) is 0. The van der Waals surface area contributed by atoms with E-state index in [2.05, 4.69) is 6.58 Å². The van der Waals surface area contributed by atoms with Gasteiger partial charge < -0.3 is 0 Å². The number of hydrogen-bond donors (Lipinski definition) is 0. The molecule has 138 valence electrons. The highest BCUT2D eigenvalue weighted by Gasteiger charge is 2.43. The van der Waals surface area contributed by atoms with E-state index in [1.54, 1.807) is 31.2 Å². The maximum atomic E-state index is 13.6. The van der Waals surface area contributed by atoms with Crippen LogP contribution in [-0.2, 0) is 16.3 Å². The van der Waals surface area contributed by atoms with Crippen molar-refractivity contribution in [1.29, 1.82) is 0 Å². The van der Waals surface area contributed by atoms with Gasteiger partial charge in [-0.3, -0.25) is 0 Å². The molecule has 1 unspecified atom stereocenters. The van der Waals surface area contributed by atoms with Crippen LogP contribution in [0.15, 0.2) is 112 Å². The summed E-state index contributed by atoms with van der Waals surface area (Å²) < 4.78 is 26.1. The summed E-state index contributed by atoms with van der Waals surface area (Å²) in [6.07, 6.45) is 0.365. The number of benzene rings is 3. The van der Waals surface area contributed by atoms with Gasteiger partial charge in [0.1, 0.15) is 4.75 Å². The summed E-state index contributed by atoms with van der Waals surface area (Å²) in [4.78, 5) is 1.91. The highest BCUT2D eigenvalue weighted by atomic mass is 32.2. The van der Waals surface area contributed by atoms with Crippen molar-refractivity contribution in [1.82, 2.24) is 0 Å². The molecule has 4 heteroatoms. The molecule has 0 aromatic heterocycles. The zero-order chi connectivity index (χ0) is 19.3. The summed E-state index contributed by atoms with van der Waals surface area (Å²) in [7, 11) is -3.64. The van der Waals surface area contributed by atoms with Crippen LogP contribution < -0.4 is 0 Å². The molecule has 0 aliphatic rings. The van der Waals surface area contributed by atoms with Gasteiger partial charge in [0.05, 0.1) is 4.90 Å². The second-order valence-corrected chi connectivity index (χ2v) is 10.1. The molecule has 1 atom stereocenters. The van der Waals surface area contributed by atoms with Gasteiger partial charge in [-0.15, -0.1) is 0 Å². The predicted octanol–water partition coefficient (Wildman–Crippen LogP) is 5.77. The third-order valence-electron chi connectivity index (χ3n) is 4.61. The molecule has 0 radical (unpaired) electrons. The van der Waals surface area contributed by atoms with Crippen LogP contribution in [0.5, 0.6) is 0 Å². The van der Waals surface area contributed by atoms with Crippen molar-refractivity contribution >= 4 is 21.6 Å². The first-order valence-corrected chi connectivity index (χ1v) is 11.0. The molecular formula is C23H22O2S2. The number of thioether (sulfide) groups is 1. The van der Waals surface area contributed by atoms with E-state index in [-0.39, 0.29) is 0 Å². The molecule has 0 spiro atoms. The van der Waals surface area contributed by atoms with Gasteiger partial charge in [-0.05, 0) is 43.2 Å². The fourth-order valence-corrected chi connectivity index (χ4v) is 5.94. The molecule has 0 saturated carbocycles. The molecule has 0 aliphatic carbocycles. The van der Waals surface area contributed by atoms with Gasteiger partial charge >= 0.3 is 0 Å². The van der Waals surface area contributed by atoms with Crippen molar-refractivity contribution in [3.05, 3.63) is 108 Å². The van der Waals surface area contributed by atoms with Crippen molar-refractivity contribution < 1.29 is 8.42 Å². The Bertz CT molecular complexity index is 998. The van der Waals surface area contributed by atoms with Crippen molar-refractivity contribution in [2.24, 2.45) is 0 Å². The second kappa shape index (κ2) is 8.15. The minimum atomic E-state index is -3.64. The van der Waals surface area contributed by atoms with Gasteiger partial charge in [0.2, 0.25) is 0 Å². The van der Waals surface area contributed by atoms with Gasteiger partial charge in [-0.25, -0.2) is 8.42 Å². The number of sulfone groups is 1. The van der Waals surface area contributed by atoms with Gasteiger partial charge in [-0.2, -0.15) is 0 Å². The summed E-state index contributed by atoms with van der Waals surface area (Å²) in [5.41, 5.74) is 0.967. The Labute approximate surface area is 165 Å². The quantitative estimate of drug-likeness (QED) is 0.477. The molecule has 0 aliphatic heterocycles. The highest BCUT2D eigenvalue weighted by Crippen LogP contribution is 2.42. The third kappa shape index (κ3) is 4.18. The molecule has 3 aromatic carbocycles. The van der Waals surface area contributed by atoms with Crippen molar-refractivity contribution in [2.75, 3.05) is 0 Å². The third-order valence-corrected chi connectivity index (χ3v) is 8.41. The zero-order valence-corrected chi connectivity index (χ0v) is 16.8.